The summed E-state index contributed by atoms with van der Waals surface area (Å²) in [6.45, 7) is 1.73. The maximum Gasteiger partial charge on any atom is 0.416 e. The lowest BCUT2D eigenvalue weighted by molar-refractivity contribution is -0.227. The second-order valence-corrected chi connectivity index (χ2v) is 8.34. The predicted octanol–water partition coefficient (Wildman–Crippen LogP) is 4.90. The number of carbonyl (C=O) groups excluding carboxylic acids is 1. The predicted molar refractivity (Wildman–Crippen MR) is 119 cm³/mol. The molecule has 1 aliphatic heterocycles. The number of halogens is 7. The molecule has 1 heterocycles. The van der Waals surface area contributed by atoms with E-state index in [1.807, 2.05) is 4.90 Å². The normalized spacial score (nSPS) is 20.3. The molecule has 1 fully saturated rings. The molecule has 6 nitrogen and oxygen atoms in total. The average Bonchev–Trinajstić information content (AvgIpc) is 2.81. The zero-order valence-corrected chi connectivity index (χ0v) is 19.5. The summed E-state index contributed by atoms with van der Waals surface area (Å²) in [6.07, 6.45) is -10.9. The van der Waals surface area contributed by atoms with Gasteiger partial charge in [0, 0.05) is 19.3 Å². The van der Waals surface area contributed by atoms with Crippen molar-refractivity contribution in [3.8, 4) is 0 Å². The van der Waals surface area contributed by atoms with Gasteiger partial charge < -0.3 is 15.2 Å². The number of amides is 1. The Morgan fingerprint density at radius 3 is 2.27 bits per heavy atom. The third-order valence-corrected chi connectivity index (χ3v) is 5.63. The monoisotopic (exact) mass is 535 g/mol. The lowest BCUT2D eigenvalue weighted by Crippen LogP contribution is -2.47. The number of hydrogen-bond donors (Lipinski definition) is 1. The minimum atomic E-state index is -5.01. The summed E-state index contributed by atoms with van der Waals surface area (Å²) in [7, 11) is 0. The van der Waals surface area contributed by atoms with E-state index in [1.54, 1.807) is 0 Å². The molecule has 2 aromatic carbocycles. The van der Waals surface area contributed by atoms with E-state index in [9.17, 15) is 35.5 Å². The smallest absolute Gasteiger partial charge is 0.368 e. The molecule has 1 saturated heterocycles. The van der Waals surface area contributed by atoms with Gasteiger partial charge in [0.2, 0.25) is 5.91 Å². The first-order valence-electron chi connectivity index (χ1n) is 11.1. The zero-order chi connectivity index (χ0) is 27.4. The molecule has 0 spiro atoms. The molecule has 13 heteroatoms. The minimum absolute atomic E-state index is 0.0435. The van der Waals surface area contributed by atoms with E-state index in [1.165, 1.54) is 37.4 Å². The van der Waals surface area contributed by atoms with E-state index in [4.69, 9.17) is 15.2 Å². The van der Waals surface area contributed by atoms with Gasteiger partial charge in [-0.1, -0.05) is 12.1 Å². The highest BCUT2D eigenvalue weighted by molar-refractivity contribution is 5.78. The molecule has 0 aliphatic carbocycles. The first-order valence-corrected chi connectivity index (χ1v) is 11.1. The van der Waals surface area contributed by atoms with Crippen LogP contribution in [0, 0.1) is 5.82 Å². The van der Waals surface area contributed by atoms with Crippen molar-refractivity contribution in [3.05, 3.63) is 70.5 Å². The van der Waals surface area contributed by atoms with Crippen molar-refractivity contribution in [2.75, 3.05) is 26.2 Å². The zero-order valence-electron chi connectivity index (χ0n) is 19.5. The molecule has 2 N–H and O–H groups in total. The average molecular weight is 535 g/mol. The second-order valence-electron chi connectivity index (χ2n) is 8.34. The summed E-state index contributed by atoms with van der Waals surface area (Å²) in [6, 6.07) is 5.86. The Hall–Kier alpha value is -3.03. The van der Waals surface area contributed by atoms with Gasteiger partial charge in [-0.05, 0) is 48.4 Å². The van der Waals surface area contributed by atoms with Gasteiger partial charge in [-0.15, -0.1) is 0 Å². The number of morpholine rings is 1. The SMILES string of the molecule is C[C@@H](OC1OCCN(CC=NCC(N)=O)[C@H]1c1ccc(F)cc1)c1cc(C(F)(F)F)cc(C(F)(F)F)c1. The van der Waals surface area contributed by atoms with Gasteiger partial charge in [0.1, 0.15) is 12.4 Å². The molecule has 0 bridgehead atoms. The van der Waals surface area contributed by atoms with Crippen LogP contribution >= 0.6 is 0 Å². The highest BCUT2D eigenvalue weighted by Crippen LogP contribution is 2.39. The van der Waals surface area contributed by atoms with Crippen molar-refractivity contribution >= 4 is 12.1 Å². The van der Waals surface area contributed by atoms with Crippen LogP contribution < -0.4 is 5.73 Å². The number of primary amides is 1. The summed E-state index contributed by atoms with van der Waals surface area (Å²) in [5.41, 5.74) is 2.34. The van der Waals surface area contributed by atoms with Gasteiger partial charge in [-0.3, -0.25) is 14.7 Å². The maximum atomic E-state index is 13.5. The Kier molecular flexibility index (Phi) is 8.92. The van der Waals surface area contributed by atoms with Gasteiger partial charge in [0.05, 0.1) is 29.9 Å². The second kappa shape index (κ2) is 11.6. The number of nitrogens with two attached hydrogens (primary N) is 1. The number of ether oxygens (including phenoxy) is 2. The van der Waals surface area contributed by atoms with Crippen LogP contribution in [-0.4, -0.2) is 49.6 Å². The Morgan fingerprint density at radius 1 is 1.14 bits per heavy atom. The van der Waals surface area contributed by atoms with E-state index in [0.29, 0.717) is 24.2 Å². The van der Waals surface area contributed by atoms with E-state index < -0.39 is 53.6 Å². The number of nitrogens with zero attached hydrogens (tertiary/aromatic N) is 2. The lowest BCUT2D eigenvalue weighted by Gasteiger charge is -2.41. The Bertz CT molecular complexity index is 1070. The molecule has 0 aromatic heterocycles. The number of aliphatic imine (C=N–C) groups is 1. The van der Waals surface area contributed by atoms with E-state index >= 15 is 0 Å². The molecule has 37 heavy (non-hydrogen) atoms. The third-order valence-electron chi connectivity index (χ3n) is 5.63. The van der Waals surface area contributed by atoms with Crippen LogP contribution in [0.2, 0.25) is 0 Å². The van der Waals surface area contributed by atoms with Gasteiger partial charge >= 0.3 is 12.4 Å². The number of carbonyl (C=O) groups is 1. The molecule has 2 aromatic rings. The topological polar surface area (TPSA) is 77.2 Å². The molecule has 3 rings (SSSR count). The summed E-state index contributed by atoms with van der Waals surface area (Å²) in [5.74, 6) is -1.15. The molecule has 202 valence electrons. The fourth-order valence-corrected chi connectivity index (χ4v) is 3.85. The summed E-state index contributed by atoms with van der Waals surface area (Å²) in [4.78, 5) is 16.6. The van der Waals surface area contributed by atoms with Crippen molar-refractivity contribution in [3.63, 3.8) is 0 Å². The molecular formula is C24H24F7N3O3. The molecule has 0 saturated carbocycles. The molecular weight excluding hydrogens is 511 g/mol. The lowest BCUT2D eigenvalue weighted by atomic mass is 10.0. The summed E-state index contributed by atoms with van der Waals surface area (Å²) < 4.78 is 105. The van der Waals surface area contributed by atoms with Crippen LogP contribution in [0.1, 0.15) is 41.3 Å². The standard InChI is InChI=1S/C24H24F7N3O3/c1-14(16-10-17(23(26,27)28)12-18(11-16)24(29,30)31)37-22-21(15-2-4-19(25)5-3-15)34(8-9-36-22)7-6-33-13-20(32)35/h2-6,10-12,14,21-22H,7-9,13H2,1H3,(H2,32,35)/t14-,21+,22?/m1/s1. The number of hydrogen-bond acceptors (Lipinski definition) is 5. The van der Waals surface area contributed by atoms with Crippen molar-refractivity contribution < 1.29 is 45.0 Å². The maximum absolute atomic E-state index is 13.5. The van der Waals surface area contributed by atoms with Gasteiger partial charge in [0.15, 0.2) is 6.29 Å². The van der Waals surface area contributed by atoms with Crippen molar-refractivity contribution in [1.29, 1.82) is 0 Å². The van der Waals surface area contributed by atoms with Gasteiger partial charge in [0.25, 0.3) is 0 Å². The van der Waals surface area contributed by atoms with Crippen LogP contribution in [-0.2, 0) is 26.6 Å². The van der Waals surface area contributed by atoms with Gasteiger partial charge in [-0.2, -0.15) is 26.3 Å². The molecule has 1 unspecified atom stereocenters. The number of alkyl halides is 6. The highest BCUT2D eigenvalue weighted by atomic mass is 19.4. The Balaban J connectivity index is 1.92. The van der Waals surface area contributed by atoms with Gasteiger partial charge in [-0.25, -0.2) is 4.39 Å². The quantitative estimate of drug-likeness (QED) is 0.386. The number of benzene rings is 2. The number of rotatable bonds is 8. The van der Waals surface area contributed by atoms with Crippen molar-refractivity contribution in [2.24, 2.45) is 10.7 Å². The van der Waals surface area contributed by atoms with E-state index in [0.717, 1.165) is 0 Å². The summed E-state index contributed by atoms with van der Waals surface area (Å²) >= 11 is 0. The molecule has 3 atom stereocenters. The van der Waals surface area contributed by atoms with Crippen molar-refractivity contribution in [2.45, 2.75) is 37.7 Å². The Labute approximate surface area is 207 Å². The van der Waals surface area contributed by atoms with Crippen LogP contribution in [0.15, 0.2) is 47.5 Å². The summed E-state index contributed by atoms with van der Waals surface area (Å²) in [5, 5.41) is 0. The van der Waals surface area contributed by atoms with Crippen LogP contribution in [0.4, 0.5) is 30.7 Å². The van der Waals surface area contributed by atoms with Crippen LogP contribution in [0.3, 0.4) is 0 Å². The minimum Gasteiger partial charge on any atom is -0.368 e. The first-order chi connectivity index (χ1) is 17.3. The largest absolute Gasteiger partial charge is 0.416 e. The molecule has 1 aliphatic rings. The fourth-order valence-electron chi connectivity index (χ4n) is 3.85. The Morgan fingerprint density at radius 2 is 1.73 bits per heavy atom. The molecule has 0 radical (unpaired) electrons. The first kappa shape index (κ1) is 28.5. The van der Waals surface area contributed by atoms with Crippen molar-refractivity contribution in [1.82, 2.24) is 4.90 Å². The van der Waals surface area contributed by atoms with E-state index in [-0.39, 0.29) is 31.3 Å². The van der Waals surface area contributed by atoms with Crippen LogP contribution in [0.5, 0.6) is 0 Å². The fraction of sp³-hybridized carbons (Fsp3) is 0.417. The van der Waals surface area contributed by atoms with E-state index in [2.05, 4.69) is 4.99 Å². The molecule has 1 amide bonds. The van der Waals surface area contributed by atoms with Crippen LogP contribution in [0.25, 0.3) is 0 Å². The third kappa shape index (κ3) is 7.73. The highest BCUT2D eigenvalue weighted by Gasteiger charge is 2.39.